The summed E-state index contributed by atoms with van der Waals surface area (Å²) in [5.41, 5.74) is 2.25. The number of anilines is 1. The molecule has 0 spiro atoms. The number of nitrogens with one attached hydrogen (secondary N) is 1. The first-order chi connectivity index (χ1) is 13.8. The van der Waals surface area contributed by atoms with Gasteiger partial charge in [0.2, 0.25) is 0 Å². The Labute approximate surface area is 166 Å². The summed E-state index contributed by atoms with van der Waals surface area (Å²) in [7, 11) is 0. The van der Waals surface area contributed by atoms with Gasteiger partial charge in [0.05, 0.1) is 13.2 Å². The number of hydrogen-bond acceptors (Lipinski definition) is 4. The van der Waals surface area contributed by atoms with Gasteiger partial charge in [-0.3, -0.25) is 0 Å². The van der Waals surface area contributed by atoms with Gasteiger partial charge in [0.25, 0.3) is 0 Å². The Hall–Kier alpha value is -2.86. The second kappa shape index (κ2) is 10.5. The molecule has 1 N–H and O–H groups in total. The molecule has 148 valence electrons. The van der Waals surface area contributed by atoms with E-state index in [9.17, 15) is 4.79 Å². The molecule has 0 saturated carbocycles. The number of pyridine rings is 1. The molecule has 1 aliphatic heterocycles. The number of aromatic nitrogens is 1. The molecule has 2 amide bonds. The second-order valence-corrected chi connectivity index (χ2v) is 6.75. The predicted molar refractivity (Wildman–Crippen MR) is 111 cm³/mol. The summed E-state index contributed by atoms with van der Waals surface area (Å²) in [5, 5.41) is 3.02. The highest BCUT2D eigenvalue weighted by atomic mass is 16.5. The van der Waals surface area contributed by atoms with E-state index < -0.39 is 0 Å². The smallest absolute Gasteiger partial charge is 0.317 e. The number of morpholine rings is 1. The first kappa shape index (κ1) is 19.9. The van der Waals surface area contributed by atoms with Gasteiger partial charge in [-0.2, -0.15) is 0 Å². The van der Waals surface area contributed by atoms with Crippen molar-refractivity contribution in [2.75, 3.05) is 44.3 Å². The minimum Gasteiger partial charge on any atom is -0.378 e. The Balaban J connectivity index is 1.54. The summed E-state index contributed by atoms with van der Waals surface area (Å²) in [5.74, 6) is 0.932. The Bertz CT molecular complexity index is 760. The predicted octanol–water partition coefficient (Wildman–Crippen LogP) is 2.86. The van der Waals surface area contributed by atoms with Gasteiger partial charge in [0.15, 0.2) is 0 Å². The van der Waals surface area contributed by atoms with E-state index in [0.29, 0.717) is 19.6 Å². The standard InChI is InChI=1S/C22H28N4O2/c1-2-11-26(12-9-19-6-4-3-5-7-19)22(27)24-18-20-8-10-23-21(17-20)25-13-15-28-16-14-25/h2-8,10,17H,1,9,11-16,18H2,(H,24,27). The summed E-state index contributed by atoms with van der Waals surface area (Å²) in [4.78, 5) is 21.1. The SMILES string of the molecule is C=CCN(CCc1ccccc1)C(=O)NCc1ccnc(N2CCOCC2)c1. The Morgan fingerprint density at radius 1 is 1.21 bits per heavy atom. The number of carbonyl (C=O) groups excluding carboxylic acids is 1. The van der Waals surface area contributed by atoms with Crippen LogP contribution in [-0.2, 0) is 17.7 Å². The molecule has 1 aliphatic rings. The van der Waals surface area contributed by atoms with Crippen LogP contribution < -0.4 is 10.2 Å². The quantitative estimate of drug-likeness (QED) is 0.716. The zero-order valence-corrected chi connectivity index (χ0v) is 16.2. The molecule has 1 aromatic heterocycles. The van der Waals surface area contributed by atoms with Crippen LogP contribution in [0.15, 0.2) is 61.3 Å². The lowest BCUT2D eigenvalue weighted by Crippen LogP contribution is -2.41. The fraction of sp³-hybridized carbons (Fsp3) is 0.364. The van der Waals surface area contributed by atoms with Crippen LogP contribution in [-0.4, -0.2) is 55.3 Å². The highest BCUT2D eigenvalue weighted by Crippen LogP contribution is 2.14. The highest BCUT2D eigenvalue weighted by molar-refractivity contribution is 5.74. The molecule has 1 aromatic carbocycles. The van der Waals surface area contributed by atoms with Gasteiger partial charge in [-0.15, -0.1) is 6.58 Å². The molecule has 0 aliphatic carbocycles. The third kappa shape index (κ3) is 5.82. The third-order valence-corrected chi connectivity index (χ3v) is 4.74. The van der Waals surface area contributed by atoms with Crippen LogP contribution in [0.3, 0.4) is 0 Å². The largest absolute Gasteiger partial charge is 0.378 e. The summed E-state index contributed by atoms with van der Waals surface area (Å²) >= 11 is 0. The van der Waals surface area contributed by atoms with Crippen LogP contribution in [0, 0.1) is 0 Å². The van der Waals surface area contributed by atoms with E-state index in [1.165, 1.54) is 5.56 Å². The molecule has 2 heterocycles. The van der Waals surface area contributed by atoms with Crippen LogP contribution in [0.4, 0.5) is 10.6 Å². The number of benzene rings is 1. The van der Waals surface area contributed by atoms with Gasteiger partial charge in [0.1, 0.15) is 5.82 Å². The van der Waals surface area contributed by atoms with E-state index in [0.717, 1.165) is 44.1 Å². The van der Waals surface area contributed by atoms with Crippen LogP contribution in [0.5, 0.6) is 0 Å². The molecule has 0 atom stereocenters. The molecule has 28 heavy (non-hydrogen) atoms. The van der Waals surface area contributed by atoms with Crippen molar-refractivity contribution >= 4 is 11.8 Å². The van der Waals surface area contributed by atoms with Crippen molar-refractivity contribution < 1.29 is 9.53 Å². The zero-order chi connectivity index (χ0) is 19.6. The van der Waals surface area contributed by atoms with Gasteiger partial charge >= 0.3 is 6.03 Å². The molecule has 3 rings (SSSR count). The summed E-state index contributed by atoms with van der Waals surface area (Å²) in [6, 6.07) is 14.1. The minimum atomic E-state index is -0.0828. The van der Waals surface area contributed by atoms with Gasteiger partial charge in [0, 0.05) is 38.9 Å². The van der Waals surface area contributed by atoms with E-state index in [2.05, 4.69) is 33.9 Å². The van der Waals surface area contributed by atoms with Gasteiger partial charge in [-0.25, -0.2) is 9.78 Å². The van der Waals surface area contributed by atoms with Crippen LogP contribution in [0.25, 0.3) is 0 Å². The van der Waals surface area contributed by atoms with Crippen molar-refractivity contribution in [1.29, 1.82) is 0 Å². The maximum atomic E-state index is 12.6. The lowest BCUT2D eigenvalue weighted by atomic mass is 10.1. The fourth-order valence-corrected chi connectivity index (χ4v) is 3.17. The topological polar surface area (TPSA) is 57.7 Å². The average molecular weight is 380 g/mol. The molecule has 2 aromatic rings. The molecule has 0 unspecified atom stereocenters. The molecule has 0 radical (unpaired) electrons. The zero-order valence-electron chi connectivity index (χ0n) is 16.2. The number of ether oxygens (including phenoxy) is 1. The van der Waals surface area contributed by atoms with E-state index >= 15 is 0 Å². The van der Waals surface area contributed by atoms with Crippen molar-refractivity contribution in [3.05, 3.63) is 72.4 Å². The maximum Gasteiger partial charge on any atom is 0.317 e. The van der Waals surface area contributed by atoms with E-state index in [1.807, 2.05) is 30.3 Å². The Morgan fingerprint density at radius 2 is 2.00 bits per heavy atom. The first-order valence-electron chi connectivity index (χ1n) is 9.71. The van der Waals surface area contributed by atoms with Crippen LogP contribution >= 0.6 is 0 Å². The first-order valence-corrected chi connectivity index (χ1v) is 9.71. The minimum absolute atomic E-state index is 0.0828. The number of amides is 2. The van der Waals surface area contributed by atoms with Crippen molar-refractivity contribution in [2.45, 2.75) is 13.0 Å². The number of rotatable bonds is 8. The Kier molecular flexibility index (Phi) is 7.44. The summed E-state index contributed by atoms with van der Waals surface area (Å²) in [6.07, 6.45) is 4.37. The normalized spacial score (nSPS) is 13.8. The number of hydrogen-bond donors (Lipinski definition) is 1. The highest BCUT2D eigenvalue weighted by Gasteiger charge is 2.14. The molecule has 0 bridgehead atoms. The van der Waals surface area contributed by atoms with E-state index in [1.54, 1.807) is 17.2 Å². The van der Waals surface area contributed by atoms with Crippen molar-refractivity contribution in [1.82, 2.24) is 15.2 Å². The van der Waals surface area contributed by atoms with Crippen LogP contribution in [0.1, 0.15) is 11.1 Å². The molecule has 1 fully saturated rings. The van der Waals surface area contributed by atoms with Crippen molar-refractivity contribution in [2.24, 2.45) is 0 Å². The average Bonchev–Trinajstić information content (AvgIpc) is 2.76. The lowest BCUT2D eigenvalue weighted by Gasteiger charge is -2.28. The maximum absolute atomic E-state index is 12.6. The lowest BCUT2D eigenvalue weighted by molar-refractivity contribution is 0.122. The van der Waals surface area contributed by atoms with Crippen molar-refractivity contribution in [3.63, 3.8) is 0 Å². The molecular weight excluding hydrogens is 352 g/mol. The van der Waals surface area contributed by atoms with Gasteiger partial charge in [-0.1, -0.05) is 36.4 Å². The summed E-state index contributed by atoms with van der Waals surface area (Å²) in [6.45, 7) is 8.55. The van der Waals surface area contributed by atoms with Crippen molar-refractivity contribution in [3.8, 4) is 0 Å². The van der Waals surface area contributed by atoms with Gasteiger partial charge < -0.3 is 19.9 Å². The third-order valence-electron chi connectivity index (χ3n) is 4.74. The van der Waals surface area contributed by atoms with Crippen LogP contribution in [0.2, 0.25) is 0 Å². The molecule has 1 saturated heterocycles. The van der Waals surface area contributed by atoms with Gasteiger partial charge in [-0.05, 0) is 29.7 Å². The van der Waals surface area contributed by atoms with E-state index in [-0.39, 0.29) is 6.03 Å². The fourth-order valence-electron chi connectivity index (χ4n) is 3.17. The monoisotopic (exact) mass is 380 g/mol. The molecule has 6 nitrogen and oxygen atoms in total. The number of nitrogens with zero attached hydrogens (tertiary/aromatic N) is 3. The summed E-state index contributed by atoms with van der Waals surface area (Å²) < 4.78 is 5.39. The number of carbonyl (C=O) groups is 1. The molecule has 6 heteroatoms. The Morgan fingerprint density at radius 3 is 2.75 bits per heavy atom. The number of urea groups is 1. The van der Waals surface area contributed by atoms with E-state index in [4.69, 9.17) is 4.74 Å². The second-order valence-electron chi connectivity index (χ2n) is 6.75. The molecular formula is C22H28N4O2.